The fraction of sp³-hybridized carbons (Fsp3) is 0.750. The van der Waals surface area contributed by atoms with E-state index in [1.807, 2.05) is 57.1 Å². The number of aromatic nitrogens is 3. The van der Waals surface area contributed by atoms with Crippen LogP contribution in [0.5, 0.6) is 0 Å². The fourth-order valence-corrected chi connectivity index (χ4v) is 8.91. The van der Waals surface area contributed by atoms with Gasteiger partial charge in [-0.25, -0.2) is 19.9 Å². The molecule has 17 heteroatoms. The minimum Gasteiger partial charge on any atom is -0.458 e. The first-order valence-electron chi connectivity index (χ1n) is 20.2. The number of ether oxygens (including phenoxy) is 5. The first-order chi connectivity index (χ1) is 26.9. The molecule has 4 heterocycles. The summed E-state index contributed by atoms with van der Waals surface area (Å²) in [6.45, 7) is 14.6. The van der Waals surface area contributed by atoms with Crippen LogP contribution in [0.15, 0.2) is 24.3 Å². The monoisotopic (exact) mass is 801 g/mol. The smallest absolute Gasteiger partial charge is 0.425 e. The van der Waals surface area contributed by atoms with Crippen molar-refractivity contribution in [3.63, 3.8) is 0 Å². The number of nitrogens with one attached hydrogen (secondary N) is 2. The molecular weight excluding hydrogens is 738 g/mol. The summed E-state index contributed by atoms with van der Waals surface area (Å²) in [7, 11) is 5.23. The number of para-hydroxylation sites is 1. The maximum Gasteiger partial charge on any atom is 0.425 e. The Morgan fingerprint density at radius 2 is 1.77 bits per heavy atom. The third-order valence-electron chi connectivity index (χ3n) is 12.2. The molecule has 3 saturated heterocycles. The van der Waals surface area contributed by atoms with E-state index < -0.39 is 83.5 Å². The Labute approximate surface area is 335 Å². The van der Waals surface area contributed by atoms with Gasteiger partial charge in [-0.1, -0.05) is 38.1 Å². The number of aryl methyl sites for hydroxylation is 1. The van der Waals surface area contributed by atoms with Gasteiger partial charge in [-0.2, -0.15) is 0 Å². The second-order valence-electron chi connectivity index (χ2n) is 16.7. The van der Waals surface area contributed by atoms with Gasteiger partial charge in [0.1, 0.15) is 29.7 Å². The molecule has 2 aromatic rings. The number of methoxy groups -OCH3 is 1. The van der Waals surface area contributed by atoms with E-state index in [0.29, 0.717) is 25.9 Å². The second kappa shape index (κ2) is 18.0. The fourth-order valence-electron chi connectivity index (χ4n) is 8.91. The van der Waals surface area contributed by atoms with Crippen LogP contribution in [0.1, 0.15) is 81.1 Å². The molecule has 0 saturated carbocycles. The number of benzene rings is 1. The summed E-state index contributed by atoms with van der Waals surface area (Å²) in [6.07, 6.45) is -3.69. The van der Waals surface area contributed by atoms with E-state index in [0.717, 1.165) is 11.0 Å². The highest BCUT2D eigenvalue weighted by atomic mass is 16.7. The van der Waals surface area contributed by atoms with Crippen molar-refractivity contribution < 1.29 is 48.0 Å². The van der Waals surface area contributed by atoms with Crippen molar-refractivity contribution in [1.29, 1.82) is 0 Å². The van der Waals surface area contributed by atoms with Crippen LogP contribution >= 0.6 is 0 Å². The van der Waals surface area contributed by atoms with Crippen molar-refractivity contribution in [2.45, 2.75) is 148 Å². The number of Topliss-reactive ketones (excluding diaryl/α,β-unsaturated/α-hetero) is 1. The minimum atomic E-state index is -1.49. The van der Waals surface area contributed by atoms with Gasteiger partial charge in [0.2, 0.25) is 5.91 Å². The molecule has 13 atom stereocenters. The van der Waals surface area contributed by atoms with E-state index in [-0.39, 0.29) is 30.9 Å². The highest BCUT2D eigenvalue weighted by Gasteiger charge is 2.60. The van der Waals surface area contributed by atoms with Gasteiger partial charge in [-0.15, -0.1) is 5.10 Å². The Morgan fingerprint density at radius 1 is 1.07 bits per heavy atom. The Bertz CT molecular complexity index is 1740. The number of aliphatic hydroxyl groups is 1. The van der Waals surface area contributed by atoms with E-state index in [1.165, 1.54) is 19.0 Å². The van der Waals surface area contributed by atoms with Crippen LogP contribution in [-0.4, -0.2) is 142 Å². The second-order valence-corrected chi connectivity index (χ2v) is 16.7. The molecule has 3 aliphatic rings. The van der Waals surface area contributed by atoms with E-state index in [9.17, 15) is 24.3 Å². The molecule has 1 aromatic heterocycles. The number of rotatable bonds is 10. The van der Waals surface area contributed by atoms with Gasteiger partial charge in [0.05, 0.1) is 29.2 Å². The number of ketones is 1. The van der Waals surface area contributed by atoms with E-state index in [2.05, 4.69) is 21.1 Å². The summed E-state index contributed by atoms with van der Waals surface area (Å²) >= 11 is 0. The van der Waals surface area contributed by atoms with Gasteiger partial charge in [0.25, 0.3) is 0 Å². The maximum atomic E-state index is 14.3. The van der Waals surface area contributed by atoms with Crippen molar-refractivity contribution >= 4 is 34.8 Å². The number of aliphatic hydroxyl groups excluding tert-OH is 1. The van der Waals surface area contributed by atoms with Crippen molar-refractivity contribution in [2.75, 3.05) is 27.7 Å². The van der Waals surface area contributed by atoms with E-state index in [4.69, 9.17) is 23.7 Å². The van der Waals surface area contributed by atoms with Gasteiger partial charge >= 0.3 is 12.1 Å². The number of hydrazine groups is 1. The highest BCUT2D eigenvalue weighted by Crippen LogP contribution is 2.40. The zero-order valence-electron chi connectivity index (χ0n) is 35.3. The molecule has 0 aliphatic carbocycles. The summed E-state index contributed by atoms with van der Waals surface area (Å²) in [5, 5.41) is 24.3. The molecule has 57 heavy (non-hydrogen) atoms. The Morgan fingerprint density at radius 3 is 2.44 bits per heavy atom. The predicted molar refractivity (Wildman–Crippen MR) is 208 cm³/mol. The molecule has 0 radical (unpaired) electrons. The first kappa shape index (κ1) is 44.4. The van der Waals surface area contributed by atoms with Gasteiger partial charge in [0.15, 0.2) is 17.7 Å². The number of esters is 1. The van der Waals surface area contributed by atoms with Crippen LogP contribution in [0, 0.1) is 17.8 Å². The predicted octanol–water partition coefficient (Wildman–Crippen LogP) is 2.83. The van der Waals surface area contributed by atoms with E-state index in [1.54, 1.807) is 39.3 Å². The Hall–Kier alpha value is -3.74. The lowest BCUT2D eigenvalue weighted by Crippen LogP contribution is -2.61. The first-order valence-corrected chi connectivity index (χ1v) is 20.2. The van der Waals surface area contributed by atoms with Crippen LogP contribution < -0.4 is 10.7 Å². The topological polar surface area (TPSA) is 196 Å². The Kier molecular flexibility index (Phi) is 14.0. The third-order valence-corrected chi connectivity index (χ3v) is 12.2. The number of hydrogen-bond acceptors (Lipinski definition) is 14. The normalized spacial score (nSPS) is 37.4. The number of nitrogens with zero attached hydrogens (tertiary/aromatic N) is 5. The molecule has 2 amide bonds. The van der Waals surface area contributed by atoms with Crippen molar-refractivity contribution in [1.82, 2.24) is 35.6 Å². The van der Waals surface area contributed by atoms with Gasteiger partial charge in [-0.05, 0) is 86.5 Å². The number of hydrogen-bond donors (Lipinski definition) is 3. The van der Waals surface area contributed by atoms with Crippen molar-refractivity contribution in [3.8, 4) is 0 Å². The number of fused-ring (bicyclic) bond motifs is 2. The summed E-state index contributed by atoms with van der Waals surface area (Å²) in [4.78, 5) is 58.2. The van der Waals surface area contributed by atoms with Gasteiger partial charge < -0.3 is 39.0 Å². The number of likely N-dealkylation sites (N-methyl/N-ethyl adjacent to an activating group) is 1. The summed E-state index contributed by atoms with van der Waals surface area (Å²) in [5.74, 6) is -4.75. The van der Waals surface area contributed by atoms with Crippen LogP contribution in [0.25, 0.3) is 11.0 Å². The molecule has 1 aromatic carbocycles. The lowest BCUT2D eigenvalue weighted by atomic mass is 9.79. The van der Waals surface area contributed by atoms with Crippen molar-refractivity contribution in [3.05, 3.63) is 24.3 Å². The standard InChI is InChI=1S/C40H63N7O10/c1-12-30-40(8)33(47(38(52)57-40)41-18-15-19-46-28-17-14-13-16-27(28)43-44-46)26(6)35(50)42-22(2)21-39(7,53-11)34(24(4)31(48)25(5)36(51)55-30)56-37-32(49)29(45(9)10)20-23(3)54-37/h13-14,16-17,22-26,29-30,32-34,37,41,49H,12,15,18-21H2,1-11H3,(H,42,50)/t22-,23-,24+,25-,26?,29+,30-,32-,33-,34-,37+,39+,40-/m1/s1. The summed E-state index contributed by atoms with van der Waals surface area (Å²) in [5.41, 5.74) is 2.12. The summed E-state index contributed by atoms with van der Waals surface area (Å²) in [6, 6.07) is 5.89. The third kappa shape index (κ3) is 9.13. The lowest BCUT2D eigenvalue weighted by molar-refractivity contribution is -0.295. The largest absolute Gasteiger partial charge is 0.458 e. The molecule has 1 unspecified atom stereocenters. The van der Waals surface area contributed by atoms with Crippen LogP contribution in [0.4, 0.5) is 4.79 Å². The molecule has 0 bridgehead atoms. The molecule has 318 valence electrons. The zero-order chi connectivity index (χ0) is 42.0. The molecule has 3 N–H and O–H groups in total. The van der Waals surface area contributed by atoms with Crippen LogP contribution in [-0.2, 0) is 44.6 Å². The lowest BCUT2D eigenvalue weighted by Gasteiger charge is -2.46. The van der Waals surface area contributed by atoms with Gasteiger partial charge in [-0.3, -0.25) is 14.4 Å². The van der Waals surface area contributed by atoms with Crippen molar-refractivity contribution in [2.24, 2.45) is 17.8 Å². The molecular formula is C40H63N7O10. The van der Waals surface area contributed by atoms with Gasteiger partial charge in [0, 0.05) is 38.2 Å². The number of amides is 2. The average Bonchev–Trinajstić information content (AvgIpc) is 3.70. The highest BCUT2D eigenvalue weighted by molar-refractivity contribution is 6.00. The zero-order valence-corrected chi connectivity index (χ0v) is 35.3. The average molecular weight is 802 g/mol. The Balaban J connectivity index is 1.44. The summed E-state index contributed by atoms with van der Waals surface area (Å²) < 4.78 is 32.8. The number of carbonyl (C=O) groups is 4. The van der Waals surface area contributed by atoms with Crippen LogP contribution in [0.3, 0.4) is 0 Å². The molecule has 3 fully saturated rings. The molecule has 17 nitrogen and oxygen atoms in total. The van der Waals surface area contributed by atoms with Crippen LogP contribution in [0.2, 0.25) is 0 Å². The quantitative estimate of drug-likeness (QED) is 0.180. The SMILES string of the molecule is CC[C@H]1OC(=O)[C@H](C)C(=O)[C@H](C)[C@@H](O[C@@H]2O[C@H](C)C[C@H](N(C)C)[C@H]2O)[C@@](C)(OC)C[C@@H](C)NC(=O)C(C)[C@H]2N(NCCCn3nnc4ccccc43)C(=O)O[C@]12C. The maximum absolute atomic E-state index is 14.3. The number of cyclic esters (lactones) is 1. The number of carbonyl (C=O) groups excluding carboxylic acids is 4. The molecule has 0 spiro atoms. The molecule has 3 aliphatic heterocycles. The molecule has 5 rings (SSSR count). The van der Waals surface area contributed by atoms with E-state index >= 15 is 0 Å². The minimum absolute atomic E-state index is 0.173.